The van der Waals surface area contributed by atoms with Crippen LogP contribution in [0.2, 0.25) is 0 Å². The lowest BCUT2D eigenvalue weighted by atomic mass is 10.2. The Hall–Kier alpha value is -1.00. The first kappa shape index (κ1) is 19.3. The van der Waals surface area contributed by atoms with Crippen molar-refractivity contribution < 1.29 is 26.3 Å². The van der Waals surface area contributed by atoms with Gasteiger partial charge in [-0.1, -0.05) is 17.7 Å². The van der Waals surface area contributed by atoms with E-state index in [0.29, 0.717) is 0 Å². The number of ether oxygens (including phenoxy) is 2. The van der Waals surface area contributed by atoms with Crippen molar-refractivity contribution in [3.05, 3.63) is 29.8 Å². The van der Waals surface area contributed by atoms with Crippen LogP contribution >= 0.6 is 0 Å². The number of aryl methyl sites for hydroxylation is 1. The molecule has 0 saturated carbocycles. The van der Waals surface area contributed by atoms with Gasteiger partial charge in [0.15, 0.2) is 26.0 Å². The SMILES string of the molecule is COC(CN[C@H]1CS(=O)(=O)C[C@@H]1S(=O)(=O)c1ccc(C)cc1)OC. The molecule has 1 N–H and O–H groups in total. The minimum atomic E-state index is -3.76. The summed E-state index contributed by atoms with van der Waals surface area (Å²) < 4.78 is 59.8. The fourth-order valence-corrected chi connectivity index (χ4v) is 7.44. The third-order valence-corrected chi connectivity index (χ3v) is 8.29. The minimum Gasteiger partial charge on any atom is -0.355 e. The summed E-state index contributed by atoms with van der Waals surface area (Å²) >= 11 is 0. The lowest BCUT2D eigenvalue weighted by Gasteiger charge is -2.22. The lowest BCUT2D eigenvalue weighted by Crippen LogP contribution is -2.46. The Bertz CT molecular complexity index is 754. The molecule has 1 heterocycles. The Balaban J connectivity index is 2.25. The van der Waals surface area contributed by atoms with Crippen molar-refractivity contribution in [2.45, 2.75) is 29.4 Å². The summed E-state index contributed by atoms with van der Waals surface area (Å²) in [5, 5.41) is 1.94. The summed E-state index contributed by atoms with van der Waals surface area (Å²) in [7, 11) is -4.27. The zero-order chi connectivity index (χ0) is 18.0. The zero-order valence-electron chi connectivity index (χ0n) is 13.9. The quantitative estimate of drug-likeness (QED) is 0.675. The second-order valence-electron chi connectivity index (χ2n) is 5.89. The third kappa shape index (κ3) is 4.34. The van der Waals surface area contributed by atoms with Gasteiger partial charge in [0.05, 0.1) is 21.7 Å². The molecule has 0 aromatic heterocycles. The Morgan fingerprint density at radius 3 is 2.29 bits per heavy atom. The van der Waals surface area contributed by atoms with E-state index in [1.807, 2.05) is 6.92 Å². The highest BCUT2D eigenvalue weighted by molar-refractivity contribution is 7.96. The standard InChI is InChI=1S/C15H23NO6S2/c1-11-4-6-12(7-5-11)24(19,20)14-10-23(17,18)9-13(14)16-8-15(21-2)22-3/h4-7,13-16H,8-10H2,1-3H3/t13-,14-/m0/s1. The zero-order valence-corrected chi connectivity index (χ0v) is 15.6. The predicted octanol–water partition coefficient (Wildman–Crippen LogP) is 0.143. The van der Waals surface area contributed by atoms with Crippen molar-refractivity contribution in [1.29, 1.82) is 0 Å². The Labute approximate surface area is 143 Å². The van der Waals surface area contributed by atoms with Crippen LogP contribution < -0.4 is 5.32 Å². The van der Waals surface area contributed by atoms with Gasteiger partial charge in [0.1, 0.15) is 0 Å². The molecule has 136 valence electrons. The number of rotatable bonds is 7. The lowest BCUT2D eigenvalue weighted by molar-refractivity contribution is -0.0995. The van der Waals surface area contributed by atoms with Gasteiger partial charge < -0.3 is 14.8 Å². The maximum absolute atomic E-state index is 12.9. The summed E-state index contributed by atoms with van der Waals surface area (Å²) in [6.45, 7) is 2.06. The van der Waals surface area contributed by atoms with Crippen molar-refractivity contribution in [3.63, 3.8) is 0 Å². The van der Waals surface area contributed by atoms with Crippen molar-refractivity contribution in [2.24, 2.45) is 0 Å². The average Bonchev–Trinajstić information content (AvgIpc) is 2.84. The van der Waals surface area contributed by atoms with Crippen LogP contribution in [0.15, 0.2) is 29.2 Å². The van der Waals surface area contributed by atoms with Crippen LogP contribution in [0.1, 0.15) is 5.56 Å². The average molecular weight is 377 g/mol. The second kappa shape index (κ2) is 7.49. The predicted molar refractivity (Wildman–Crippen MR) is 90.4 cm³/mol. The van der Waals surface area contributed by atoms with Crippen LogP contribution in [0.25, 0.3) is 0 Å². The maximum Gasteiger partial charge on any atom is 0.183 e. The molecule has 1 fully saturated rings. The summed E-state index contributed by atoms with van der Waals surface area (Å²) in [6, 6.07) is 5.73. The third-order valence-electron chi connectivity index (χ3n) is 4.12. The van der Waals surface area contributed by atoms with Gasteiger partial charge >= 0.3 is 0 Å². The highest BCUT2D eigenvalue weighted by Gasteiger charge is 2.45. The summed E-state index contributed by atoms with van der Waals surface area (Å²) in [4.78, 5) is 0.136. The molecule has 0 aliphatic carbocycles. The number of hydrogen-bond acceptors (Lipinski definition) is 7. The van der Waals surface area contributed by atoms with Gasteiger partial charge in [-0.3, -0.25) is 0 Å². The van der Waals surface area contributed by atoms with Crippen LogP contribution in [-0.4, -0.2) is 66.7 Å². The van der Waals surface area contributed by atoms with Gasteiger partial charge in [-0.15, -0.1) is 0 Å². The van der Waals surface area contributed by atoms with E-state index in [9.17, 15) is 16.8 Å². The molecule has 0 radical (unpaired) electrons. The smallest absolute Gasteiger partial charge is 0.183 e. The molecule has 24 heavy (non-hydrogen) atoms. The van der Waals surface area contributed by atoms with Crippen molar-refractivity contribution >= 4 is 19.7 Å². The van der Waals surface area contributed by atoms with Crippen LogP contribution in [0.4, 0.5) is 0 Å². The van der Waals surface area contributed by atoms with Crippen molar-refractivity contribution in [2.75, 3.05) is 32.3 Å². The monoisotopic (exact) mass is 377 g/mol. The van der Waals surface area contributed by atoms with E-state index >= 15 is 0 Å². The normalized spacial score (nSPS) is 23.7. The second-order valence-corrected chi connectivity index (χ2v) is 10.2. The van der Waals surface area contributed by atoms with E-state index in [1.165, 1.54) is 26.4 Å². The largest absolute Gasteiger partial charge is 0.355 e. The molecule has 2 rings (SSSR count). The van der Waals surface area contributed by atoms with Crippen molar-refractivity contribution in [1.82, 2.24) is 5.32 Å². The highest BCUT2D eigenvalue weighted by atomic mass is 32.2. The Morgan fingerprint density at radius 2 is 1.75 bits per heavy atom. The molecule has 9 heteroatoms. The molecule has 1 aromatic carbocycles. The van der Waals surface area contributed by atoms with Crippen LogP contribution in [0.3, 0.4) is 0 Å². The summed E-state index contributed by atoms with van der Waals surface area (Å²) in [5.74, 6) is -0.603. The van der Waals surface area contributed by atoms with E-state index in [1.54, 1.807) is 12.1 Å². The fourth-order valence-electron chi connectivity index (χ4n) is 2.72. The highest BCUT2D eigenvalue weighted by Crippen LogP contribution is 2.26. The van der Waals surface area contributed by atoms with Gasteiger partial charge in [-0.25, -0.2) is 16.8 Å². The maximum atomic E-state index is 12.9. The number of methoxy groups -OCH3 is 2. The number of benzene rings is 1. The van der Waals surface area contributed by atoms with Crippen LogP contribution in [-0.2, 0) is 29.1 Å². The molecule has 0 amide bonds. The molecule has 0 bridgehead atoms. The Morgan fingerprint density at radius 1 is 1.17 bits per heavy atom. The number of sulfone groups is 2. The van der Waals surface area contributed by atoms with Crippen LogP contribution in [0, 0.1) is 6.92 Å². The Kier molecular flexibility index (Phi) is 6.03. The van der Waals surface area contributed by atoms with E-state index < -0.39 is 37.3 Å². The van der Waals surface area contributed by atoms with E-state index in [-0.39, 0.29) is 22.9 Å². The molecule has 1 aliphatic heterocycles. The van der Waals surface area contributed by atoms with Gasteiger partial charge in [-0.05, 0) is 19.1 Å². The van der Waals surface area contributed by atoms with Crippen molar-refractivity contribution in [3.8, 4) is 0 Å². The number of hydrogen-bond donors (Lipinski definition) is 1. The van der Waals surface area contributed by atoms with Gasteiger partial charge in [0.2, 0.25) is 0 Å². The molecule has 2 atom stereocenters. The van der Waals surface area contributed by atoms with Crippen LogP contribution in [0.5, 0.6) is 0 Å². The molecule has 1 saturated heterocycles. The first-order chi connectivity index (χ1) is 11.2. The van der Waals surface area contributed by atoms with Gasteiger partial charge in [0, 0.05) is 26.8 Å². The molecular weight excluding hydrogens is 354 g/mol. The summed E-state index contributed by atoms with van der Waals surface area (Å²) in [5.41, 5.74) is 0.936. The molecule has 7 nitrogen and oxygen atoms in total. The molecule has 1 aromatic rings. The molecule has 1 aliphatic rings. The fraction of sp³-hybridized carbons (Fsp3) is 0.600. The summed E-state index contributed by atoms with van der Waals surface area (Å²) in [6.07, 6.45) is -0.573. The molecule has 0 spiro atoms. The molecular formula is C15H23NO6S2. The first-order valence-electron chi connectivity index (χ1n) is 7.49. The van der Waals surface area contributed by atoms with E-state index in [4.69, 9.17) is 9.47 Å². The first-order valence-corrected chi connectivity index (χ1v) is 10.9. The van der Waals surface area contributed by atoms with Gasteiger partial charge in [-0.2, -0.15) is 0 Å². The molecule has 0 unspecified atom stereocenters. The minimum absolute atomic E-state index is 0.136. The van der Waals surface area contributed by atoms with E-state index in [2.05, 4.69) is 5.32 Å². The van der Waals surface area contributed by atoms with Gasteiger partial charge in [0.25, 0.3) is 0 Å². The topological polar surface area (TPSA) is 98.8 Å². The number of nitrogens with one attached hydrogen (secondary N) is 1. The van der Waals surface area contributed by atoms with E-state index in [0.717, 1.165) is 5.56 Å².